The topological polar surface area (TPSA) is 55.8 Å². The summed E-state index contributed by atoms with van der Waals surface area (Å²) >= 11 is 0. The quantitative estimate of drug-likeness (QED) is 0.312. The molecule has 0 aromatic carbocycles. The zero-order valence-electron chi connectivity index (χ0n) is 16.9. The number of nitrogens with zero attached hydrogens (tertiary/aromatic N) is 1. The van der Waals surface area contributed by atoms with Gasteiger partial charge in [0, 0.05) is 18.2 Å². The number of esters is 2. The standard InChI is InChI=1S/C11H20O2.C10H17NO2/c1-4-11(12)13-9-7-5-6-8-10(2)3;1-9(2)10(12)13-8-7-11-5-3-4-6-11/h4,10H,1,5-9H2,2-3H3;1,3-8H2,2H3. The maximum absolute atomic E-state index is 11.0. The minimum Gasteiger partial charge on any atom is -0.463 e. The van der Waals surface area contributed by atoms with Crippen LogP contribution < -0.4 is 0 Å². The first kappa shape index (κ1) is 24.4. The highest BCUT2D eigenvalue weighted by Gasteiger charge is 2.11. The predicted octanol–water partition coefficient (Wildman–Crippen LogP) is 4.13. The van der Waals surface area contributed by atoms with E-state index in [0.29, 0.717) is 18.8 Å². The normalized spacial score (nSPS) is 13.7. The van der Waals surface area contributed by atoms with Crippen LogP contribution in [0.1, 0.15) is 59.3 Å². The maximum Gasteiger partial charge on any atom is 0.333 e. The molecule has 26 heavy (non-hydrogen) atoms. The molecule has 1 aliphatic rings. The van der Waals surface area contributed by atoms with Gasteiger partial charge in [0.15, 0.2) is 0 Å². The molecule has 1 heterocycles. The Morgan fingerprint density at radius 2 is 1.73 bits per heavy atom. The average Bonchev–Trinajstić information content (AvgIpc) is 3.11. The Hall–Kier alpha value is -1.62. The molecule has 5 nitrogen and oxygen atoms in total. The van der Waals surface area contributed by atoms with E-state index in [1.807, 2.05) is 0 Å². The second-order valence-corrected chi connectivity index (χ2v) is 7.08. The van der Waals surface area contributed by atoms with Gasteiger partial charge in [-0.15, -0.1) is 0 Å². The molecule has 0 radical (unpaired) electrons. The summed E-state index contributed by atoms with van der Waals surface area (Å²) in [6.07, 6.45) is 8.34. The third-order valence-electron chi connectivity index (χ3n) is 4.02. The van der Waals surface area contributed by atoms with E-state index in [2.05, 4.69) is 31.9 Å². The number of likely N-dealkylation sites (tertiary alicyclic amines) is 1. The molecular weight excluding hydrogens is 330 g/mol. The van der Waals surface area contributed by atoms with Gasteiger partial charge in [0.25, 0.3) is 0 Å². The molecule has 0 spiro atoms. The zero-order valence-corrected chi connectivity index (χ0v) is 16.9. The maximum atomic E-state index is 11.0. The molecule has 0 N–H and O–H groups in total. The Balaban J connectivity index is 0.000000481. The second kappa shape index (κ2) is 15.6. The largest absolute Gasteiger partial charge is 0.463 e. The summed E-state index contributed by atoms with van der Waals surface area (Å²) in [4.78, 5) is 23.9. The van der Waals surface area contributed by atoms with Crippen LogP contribution in [-0.2, 0) is 19.1 Å². The number of carbonyl (C=O) groups is 2. The van der Waals surface area contributed by atoms with E-state index in [1.165, 1.54) is 31.8 Å². The molecule has 150 valence electrons. The number of unbranched alkanes of at least 4 members (excludes halogenated alkanes) is 2. The van der Waals surface area contributed by atoms with E-state index < -0.39 is 0 Å². The Bertz CT molecular complexity index is 426. The highest BCUT2D eigenvalue weighted by molar-refractivity contribution is 5.86. The van der Waals surface area contributed by atoms with Gasteiger partial charge in [-0.25, -0.2) is 9.59 Å². The van der Waals surface area contributed by atoms with Crippen molar-refractivity contribution in [3.05, 3.63) is 24.8 Å². The summed E-state index contributed by atoms with van der Waals surface area (Å²) in [5.74, 6) is 0.179. The molecular formula is C21H37NO4. The van der Waals surface area contributed by atoms with Crippen LogP contribution in [-0.4, -0.2) is 49.7 Å². The van der Waals surface area contributed by atoms with Gasteiger partial charge in [-0.3, -0.25) is 4.90 Å². The molecule has 1 saturated heterocycles. The summed E-state index contributed by atoms with van der Waals surface area (Å²) < 4.78 is 9.83. The first-order valence-corrected chi connectivity index (χ1v) is 9.71. The van der Waals surface area contributed by atoms with Crippen LogP contribution >= 0.6 is 0 Å². The molecule has 0 atom stereocenters. The highest BCUT2D eigenvalue weighted by Crippen LogP contribution is 2.08. The Kier molecular flexibility index (Phi) is 14.6. The molecule has 0 bridgehead atoms. The van der Waals surface area contributed by atoms with Crippen molar-refractivity contribution in [1.82, 2.24) is 4.90 Å². The Labute approximate surface area is 159 Å². The lowest BCUT2D eigenvalue weighted by atomic mass is 10.1. The fraction of sp³-hybridized carbons (Fsp3) is 0.714. The fourth-order valence-electron chi connectivity index (χ4n) is 2.46. The predicted molar refractivity (Wildman–Crippen MR) is 106 cm³/mol. The molecule has 0 amide bonds. The van der Waals surface area contributed by atoms with Crippen LogP contribution in [0.15, 0.2) is 24.8 Å². The van der Waals surface area contributed by atoms with Crippen molar-refractivity contribution in [2.75, 3.05) is 32.8 Å². The fourth-order valence-corrected chi connectivity index (χ4v) is 2.46. The minimum absolute atomic E-state index is 0.279. The SMILES string of the molecule is C=C(C)C(=O)OCCN1CCCC1.C=CC(=O)OCCCCCC(C)C. The molecule has 1 aliphatic heterocycles. The third kappa shape index (κ3) is 14.7. The van der Waals surface area contributed by atoms with Crippen molar-refractivity contribution >= 4 is 11.9 Å². The van der Waals surface area contributed by atoms with Crippen molar-refractivity contribution in [1.29, 1.82) is 0 Å². The monoisotopic (exact) mass is 367 g/mol. The summed E-state index contributed by atoms with van der Waals surface area (Å²) in [7, 11) is 0. The van der Waals surface area contributed by atoms with Crippen LogP contribution in [0.4, 0.5) is 0 Å². The lowest BCUT2D eigenvalue weighted by molar-refractivity contribution is -0.139. The van der Waals surface area contributed by atoms with Gasteiger partial charge in [0.2, 0.25) is 0 Å². The number of hydrogen-bond acceptors (Lipinski definition) is 5. The van der Waals surface area contributed by atoms with Gasteiger partial charge < -0.3 is 9.47 Å². The number of carbonyl (C=O) groups excluding carboxylic acids is 2. The molecule has 1 fully saturated rings. The first-order valence-electron chi connectivity index (χ1n) is 9.71. The van der Waals surface area contributed by atoms with E-state index in [-0.39, 0.29) is 11.9 Å². The van der Waals surface area contributed by atoms with E-state index in [9.17, 15) is 9.59 Å². The molecule has 0 saturated carbocycles. The summed E-state index contributed by atoms with van der Waals surface area (Å²) in [6, 6.07) is 0. The van der Waals surface area contributed by atoms with E-state index >= 15 is 0 Å². The van der Waals surface area contributed by atoms with Crippen LogP contribution in [0.25, 0.3) is 0 Å². The van der Waals surface area contributed by atoms with Crippen molar-refractivity contribution in [2.24, 2.45) is 5.92 Å². The molecule has 0 aromatic heterocycles. The van der Waals surface area contributed by atoms with E-state index in [4.69, 9.17) is 9.47 Å². The summed E-state index contributed by atoms with van der Waals surface area (Å²) in [5.41, 5.74) is 0.474. The number of rotatable bonds is 11. The molecule has 0 unspecified atom stereocenters. The average molecular weight is 368 g/mol. The number of ether oxygens (including phenoxy) is 2. The summed E-state index contributed by atoms with van der Waals surface area (Å²) in [6.45, 7) is 17.1. The van der Waals surface area contributed by atoms with E-state index in [1.54, 1.807) is 6.92 Å². The Morgan fingerprint density at radius 3 is 2.27 bits per heavy atom. The van der Waals surface area contributed by atoms with Crippen LogP contribution in [0.5, 0.6) is 0 Å². The van der Waals surface area contributed by atoms with Gasteiger partial charge in [0.1, 0.15) is 6.61 Å². The second-order valence-electron chi connectivity index (χ2n) is 7.08. The van der Waals surface area contributed by atoms with E-state index in [0.717, 1.165) is 38.4 Å². The summed E-state index contributed by atoms with van der Waals surface area (Å²) in [5, 5.41) is 0. The van der Waals surface area contributed by atoms with Gasteiger partial charge in [0.05, 0.1) is 6.61 Å². The van der Waals surface area contributed by atoms with Gasteiger partial charge in [-0.2, -0.15) is 0 Å². The Morgan fingerprint density at radius 1 is 1.08 bits per heavy atom. The molecule has 1 rings (SSSR count). The lowest BCUT2D eigenvalue weighted by Gasteiger charge is -2.13. The molecule has 0 aliphatic carbocycles. The third-order valence-corrected chi connectivity index (χ3v) is 4.02. The van der Waals surface area contributed by atoms with Crippen LogP contribution in [0.2, 0.25) is 0 Å². The zero-order chi connectivity index (χ0) is 19.8. The first-order chi connectivity index (χ1) is 12.4. The highest BCUT2D eigenvalue weighted by atomic mass is 16.5. The van der Waals surface area contributed by atoms with Gasteiger partial charge in [-0.05, 0) is 45.2 Å². The minimum atomic E-state index is -0.316. The van der Waals surface area contributed by atoms with Crippen molar-refractivity contribution in [3.8, 4) is 0 Å². The van der Waals surface area contributed by atoms with Gasteiger partial charge in [-0.1, -0.05) is 46.3 Å². The van der Waals surface area contributed by atoms with Crippen LogP contribution in [0.3, 0.4) is 0 Å². The van der Waals surface area contributed by atoms with Crippen molar-refractivity contribution in [3.63, 3.8) is 0 Å². The smallest absolute Gasteiger partial charge is 0.333 e. The number of hydrogen-bond donors (Lipinski definition) is 0. The van der Waals surface area contributed by atoms with Crippen molar-refractivity contribution < 1.29 is 19.1 Å². The molecule has 5 heteroatoms. The molecule has 0 aromatic rings. The van der Waals surface area contributed by atoms with Gasteiger partial charge >= 0.3 is 11.9 Å². The lowest BCUT2D eigenvalue weighted by Crippen LogP contribution is -2.25. The van der Waals surface area contributed by atoms with Crippen molar-refractivity contribution in [2.45, 2.75) is 59.3 Å². The van der Waals surface area contributed by atoms with Crippen LogP contribution in [0, 0.1) is 5.92 Å².